The Morgan fingerprint density at radius 1 is 1.36 bits per heavy atom. The number of allylic oxidation sites excluding steroid dienone is 2. The summed E-state index contributed by atoms with van der Waals surface area (Å²) < 4.78 is 11.3. The fourth-order valence-electron chi connectivity index (χ4n) is 0.0772. The first-order valence-corrected chi connectivity index (χ1v) is 3.40. The first-order valence-electron chi connectivity index (χ1n) is 3.40. The number of alkyl halides is 1. The van der Waals surface area contributed by atoms with Crippen molar-refractivity contribution in [2.24, 2.45) is 0 Å². The summed E-state index contributed by atoms with van der Waals surface area (Å²) in [5.41, 5.74) is 0.801. The molecule has 0 atom stereocenters. The molecule has 3 heteroatoms. The highest BCUT2D eigenvalue weighted by atomic mass is 19.1. The predicted molar refractivity (Wildman–Crippen MR) is 47.5 cm³/mol. The summed E-state index contributed by atoms with van der Waals surface area (Å²) in [7, 11) is 0. The lowest BCUT2D eigenvalue weighted by atomic mass is 10.3. The van der Waals surface area contributed by atoms with E-state index in [1.807, 2.05) is 6.92 Å². The van der Waals surface area contributed by atoms with E-state index in [4.69, 9.17) is 0 Å². The maximum absolute atomic E-state index is 11.3. The second-order valence-corrected chi connectivity index (χ2v) is 1.98. The van der Waals surface area contributed by atoms with Crippen molar-refractivity contribution in [3.63, 3.8) is 0 Å². The van der Waals surface area contributed by atoms with E-state index in [0.717, 1.165) is 5.57 Å². The molecule has 0 saturated heterocycles. The molecule has 0 aliphatic carbocycles. The Balaban J connectivity index is -0.0000000437. The Morgan fingerprint density at radius 3 is 1.64 bits per heavy atom. The molecule has 0 bridgehead atoms. The van der Waals surface area contributed by atoms with Crippen LogP contribution in [0.3, 0.4) is 0 Å². The van der Waals surface area contributed by atoms with E-state index in [-0.39, 0.29) is 16.9 Å². The highest BCUT2D eigenvalue weighted by Gasteiger charge is 1.76. The minimum absolute atomic E-state index is 0. The Kier molecular flexibility index (Phi) is 46.2. The van der Waals surface area contributed by atoms with Crippen molar-refractivity contribution in [1.29, 1.82) is 0 Å². The molecule has 0 radical (unpaired) electrons. The van der Waals surface area contributed by atoms with E-state index in [1.54, 1.807) is 13.0 Å². The van der Waals surface area contributed by atoms with Gasteiger partial charge in [-0.25, -0.2) is 4.39 Å². The fourth-order valence-corrected chi connectivity index (χ4v) is 0.0772. The Morgan fingerprint density at radius 2 is 1.64 bits per heavy atom. The monoisotopic (exact) mass is 170 g/mol. The molecule has 0 fully saturated rings. The largest absolute Gasteiger partial charge is 0.412 e. The maximum Gasteiger partial charge on any atom is 0.110 e. The van der Waals surface area contributed by atoms with Crippen LogP contribution in [0, 0.1) is 0 Å². The van der Waals surface area contributed by atoms with Gasteiger partial charge in [0.15, 0.2) is 0 Å². The van der Waals surface area contributed by atoms with Crippen molar-refractivity contribution in [3.8, 4) is 0 Å². The van der Waals surface area contributed by atoms with Crippen LogP contribution in [0.15, 0.2) is 11.6 Å². The number of halogens is 2. The number of hydrogen-bond donors (Lipinski definition) is 0. The SMILES string of the molecule is C/C=C(/C)CF.CCC.F.O. The van der Waals surface area contributed by atoms with Crippen molar-refractivity contribution >= 4 is 0 Å². The minimum atomic E-state index is -0.309. The fraction of sp³-hybridized carbons (Fsp3) is 0.750. The minimum Gasteiger partial charge on any atom is -0.412 e. The van der Waals surface area contributed by atoms with E-state index >= 15 is 0 Å². The molecule has 72 valence electrons. The molecule has 0 amide bonds. The van der Waals surface area contributed by atoms with Gasteiger partial charge in [-0.2, -0.15) is 0 Å². The van der Waals surface area contributed by atoms with Gasteiger partial charge in [-0.3, -0.25) is 4.70 Å². The summed E-state index contributed by atoms with van der Waals surface area (Å²) in [4.78, 5) is 0. The van der Waals surface area contributed by atoms with E-state index in [1.165, 1.54) is 6.42 Å². The molecular formula is C8H20F2O. The van der Waals surface area contributed by atoms with Gasteiger partial charge in [0, 0.05) is 0 Å². The average molecular weight is 170 g/mol. The molecule has 0 aromatic rings. The summed E-state index contributed by atoms with van der Waals surface area (Å²) in [6.45, 7) is 7.53. The van der Waals surface area contributed by atoms with Crippen LogP contribution in [-0.4, -0.2) is 12.2 Å². The first kappa shape index (κ1) is 22.4. The maximum atomic E-state index is 11.3. The third-order valence-corrected chi connectivity index (χ3v) is 0.704. The molecule has 0 spiro atoms. The molecule has 0 unspecified atom stereocenters. The van der Waals surface area contributed by atoms with Gasteiger partial charge in [0.2, 0.25) is 0 Å². The highest BCUT2D eigenvalue weighted by molar-refractivity contribution is 4.94. The molecule has 0 heterocycles. The van der Waals surface area contributed by atoms with Crippen LogP contribution in [0.1, 0.15) is 34.1 Å². The van der Waals surface area contributed by atoms with Crippen LogP contribution < -0.4 is 0 Å². The third kappa shape index (κ3) is 43.1. The zero-order valence-electron chi connectivity index (χ0n) is 7.78. The molecule has 11 heavy (non-hydrogen) atoms. The molecule has 0 aromatic carbocycles. The lowest BCUT2D eigenvalue weighted by Crippen LogP contribution is -1.71. The van der Waals surface area contributed by atoms with Crippen molar-refractivity contribution in [2.45, 2.75) is 34.1 Å². The summed E-state index contributed by atoms with van der Waals surface area (Å²) in [5.74, 6) is 0. The smallest absolute Gasteiger partial charge is 0.110 e. The zero-order valence-corrected chi connectivity index (χ0v) is 7.78. The van der Waals surface area contributed by atoms with Gasteiger partial charge in [0.25, 0.3) is 0 Å². The Bertz CT molecular complexity index is 72.5. The zero-order chi connectivity index (χ0) is 7.70. The van der Waals surface area contributed by atoms with Gasteiger partial charge < -0.3 is 5.48 Å². The summed E-state index contributed by atoms with van der Waals surface area (Å²) in [6, 6.07) is 0. The Labute approximate surface area is 68.0 Å². The standard InChI is InChI=1S/C5H9F.C3H8.FH.H2O/c1-3-5(2)4-6;1-3-2;;/h3H,4H2,1-2H3;3H2,1-2H3;1H;1H2/b5-3-;;;. The van der Waals surface area contributed by atoms with Gasteiger partial charge in [-0.15, -0.1) is 0 Å². The summed E-state index contributed by atoms with van der Waals surface area (Å²) >= 11 is 0. The summed E-state index contributed by atoms with van der Waals surface area (Å²) in [5, 5.41) is 0. The van der Waals surface area contributed by atoms with E-state index in [0.29, 0.717) is 0 Å². The molecule has 1 nitrogen and oxygen atoms in total. The molecule has 0 saturated carbocycles. The topological polar surface area (TPSA) is 31.5 Å². The summed E-state index contributed by atoms with van der Waals surface area (Å²) in [6.07, 6.45) is 3.01. The van der Waals surface area contributed by atoms with Crippen LogP contribution in [0.25, 0.3) is 0 Å². The first-order chi connectivity index (χ1) is 4.22. The van der Waals surface area contributed by atoms with Gasteiger partial charge in [0.1, 0.15) is 6.67 Å². The van der Waals surface area contributed by atoms with Crippen LogP contribution in [0.5, 0.6) is 0 Å². The number of rotatable bonds is 1. The van der Waals surface area contributed by atoms with E-state index in [9.17, 15) is 4.39 Å². The van der Waals surface area contributed by atoms with E-state index < -0.39 is 0 Å². The third-order valence-electron chi connectivity index (χ3n) is 0.704. The predicted octanol–water partition coefficient (Wildman–Crippen LogP) is 2.67. The van der Waals surface area contributed by atoms with Crippen LogP contribution in [-0.2, 0) is 0 Å². The van der Waals surface area contributed by atoms with Crippen molar-refractivity contribution in [1.82, 2.24) is 0 Å². The lowest BCUT2D eigenvalue weighted by Gasteiger charge is -1.81. The number of hydrogen-bond acceptors (Lipinski definition) is 0. The molecule has 0 aliphatic heterocycles. The van der Waals surface area contributed by atoms with Crippen molar-refractivity contribution in [2.75, 3.05) is 6.67 Å². The normalized spacial score (nSPS) is 8.27. The van der Waals surface area contributed by atoms with Crippen LogP contribution in [0.4, 0.5) is 9.09 Å². The second-order valence-electron chi connectivity index (χ2n) is 1.98. The van der Waals surface area contributed by atoms with Gasteiger partial charge in [-0.1, -0.05) is 26.3 Å². The Hall–Kier alpha value is -0.440. The second kappa shape index (κ2) is 22.7. The average Bonchev–Trinajstić information content (AvgIpc) is 1.88. The van der Waals surface area contributed by atoms with Crippen molar-refractivity contribution in [3.05, 3.63) is 11.6 Å². The molecule has 0 aromatic heterocycles. The van der Waals surface area contributed by atoms with Crippen molar-refractivity contribution < 1.29 is 14.6 Å². The van der Waals surface area contributed by atoms with Crippen LogP contribution in [0.2, 0.25) is 0 Å². The molecule has 2 N–H and O–H groups in total. The van der Waals surface area contributed by atoms with Gasteiger partial charge >= 0.3 is 0 Å². The van der Waals surface area contributed by atoms with E-state index in [2.05, 4.69) is 13.8 Å². The highest BCUT2D eigenvalue weighted by Crippen LogP contribution is 1.88. The molecule has 0 aliphatic rings. The lowest BCUT2D eigenvalue weighted by molar-refractivity contribution is 0.543. The molecular weight excluding hydrogens is 150 g/mol. The van der Waals surface area contributed by atoms with Gasteiger partial charge in [0.05, 0.1) is 0 Å². The molecule has 0 rings (SSSR count). The van der Waals surface area contributed by atoms with Crippen LogP contribution >= 0.6 is 0 Å². The quantitative estimate of drug-likeness (QED) is 0.542. The van der Waals surface area contributed by atoms with Gasteiger partial charge in [-0.05, 0) is 19.4 Å².